The van der Waals surface area contributed by atoms with Gasteiger partial charge in [-0.15, -0.1) is 0 Å². The van der Waals surface area contributed by atoms with Crippen LogP contribution in [-0.2, 0) is 0 Å². The molecule has 2 aromatic rings. The third kappa shape index (κ3) is 3.54. The maximum absolute atomic E-state index is 5.84. The van der Waals surface area contributed by atoms with Crippen molar-refractivity contribution >= 4 is 17.2 Å². The molecule has 3 N–H and O–H groups in total. The molecule has 0 aliphatic rings. The molecular weight excluding hydrogens is 254 g/mol. The van der Waals surface area contributed by atoms with Crippen LogP contribution in [0.25, 0.3) is 0 Å². The summed E-state index contributed by atoms with van der Waals surface area (Å²) in [5.74, 6) is 1.93. The standard InChI is InChI=1S/C15H19N3O2/c1-10(2)20-15-13(16)8-9-14(18-15)17-11-4-6-12(19-3)7-5-11/h4-10H,16H2,1-3H3,(H,17,18). The first-order valence-electron chi connectivity index (χ1n) is 6.42. The van der Waals surface area contributed by atoms with Gasteiger partial charge in [0.15, 0.2) is 0 Å². The number of benzene rings is 1. The maximum atomic E-state index is 5.84. The number of nitrogens with two attached hydrogens (primary N) is 1. The lowest BCUT2D eigenvalue weighted by Crippen LogP contribution is -2.09. The third-order valence-corrected chi connectivity index (χ3v) is 2.60. The summed E-state index contributed by atoms with van der Waals surface area (Å²) < 4.78 is 10.7. The number of anilines is 3. The van der Waals surface area contributed by atoms with Crippen molar-refractivity contribution in [3.63, 3.8) is 0 Å². The molecule has 0 aliphatic carbocycles. The Bertz CT molecular complexity index is 568. The zero-order valence-corrected chi connectivity index (χ0v) is 11.9. The van der Waals surface area contributed by atoms with E-state index in [4.69, 9.17) is 15.2 Å². The summed E-state index contributed by atoms with van der Waals surface area (Å²) in [6.45, 7) is 3.87. The quantitative estimate of drug-likeness (QED) is 0.875. The first-order chi connectivity index (χ1) is 9.58. The van der Waals surface area contributed by atoms with Crippen molar-refractivity contribution in [1.29, 1.82) is 0 Å². The molecule has 1 aromatic heterocycles. The van der Waals surface area contributed by atoms with E-state index in [1.54, 1.807) is 13.2 Å². The number of hydrogen-bond donors (Lipinski definition) is 2. The Morgan fingerprint density at radius 1 is 1.10 bits per heavy atom. The van der Waals surface area contributed by atoms with Crippen molar-refractivity contribution in [3.8, 4) is 11.6 Å². The van der Waals surface area contributed by atoms with Crippen LogP contribution in [0, 0.1) is 0 Å². The van der Waals surface area contributed by atoms with Crippen molar-refractivity contribution in [2.45, 2.75) is 20.0 Å². The summed E-state index contributed by atoms with van der Waals surface area (Å²) in [5.41, 5.74) is 7.28. The smallest absolute Gasteiger partial charge is 0.239 e. The first-order valence-corrected chi connectivity index (χ1v) is 6.42. The van der Waals surface area contributed by atoms with E-state index in [2.05, 4.69) is 10.3 Å². The minimum Gasteiger partial charge on any atom is -0.497 e. The number of hydrogen-bond acceptors (Lipinski definition) is 5. The number of ether oxygens (including phenoxy) is 2. The summed E-state index contributed by atoms with van der Waals surface area (Å²) in [7, 11) is 1.64. The van der Waals surface area contributed by atoms with Gasteiger partial charge in [-0.05, 0) is 50.2 Å². The average molecular weight is 273 g/mol. The molecule has 0 aliphatic heterocycles. The first kappa shape index (κ1) is 14.0. The van der Waals surface area contributed by atoms with Gasteiger partial charge in [-0.25, -0.2) is 0 Å². The normalized spacial score (nSPS) is 10.4. The molecule has 2 rings (SSSR count). The molecule has 106 valence electrons. The summed E-state index contributed by atoms with van der Waals surface area (Å²) in [5, 5.41) is 3.19. The molecule has 0 radical (unpaired) electrons. The highest BCUT2D eigenvalue weighted by Crippen LogP contribution is 2.24. The van der Waals surface area contributed by atoms with E-state index in [9.17, 15) is 0 Å². The van der Waals surface area contributed by atoms with Crippen LogP contribution in [-0.4, -0.2) is 18.2 Å². The van der Waals surface area contributed by atoms with Crippen LogP contribution in [0.3, 0.4) is 0 Å². The number of nitrogens with one attached hydrogen (secondary N) is 1. The molecule has 0 spiro atoms. The Morgan fingerprint density at radius 3 is 2.40 bits per heavy atom. The van der Waals surface area contributed by atoms with Crippen molar-refractivity contribution < 1.29 is 9.47 Å². The fraction of sp³-hybridized carbons (Fsp3) is 0.267. The van der Waals surface area contributed by atoms with Crippen LogP contribution in [0.15, 0.2) is 36.4 Å². The molecule has 0 amide bonds. The van der Waals surface area contributed by atoms with Gasteiger partial charge in [0.25, 0.3) is 0 Å². The largest absolute Gasteiger partial charge is 0.497 e. The van der Waals surface area contributed by atoms with Gasteiger partial charge in [-0.1, -0.05) is 0 Å². The topological polar surface area (TPSA) is 69.4 Å². The van der Waals surface area contributed by atoms with E-state index in [0.29, 0.717) is 17.4 Å². The van der Waals surface area contributed by atoms with E-state index < -0.39 is 0 Å². The van der Waals surface area contributed by atoms with Gasteiger partial charge in [-0.2, -0.15) is 4.98 Å². The van der Waals surface area contributed by atoms with Gasteiger partial charge in [0.2, 0.25) is 5.88 Å². The minimum atomic E-state index is 0.0287. The van der Waals surface area contributed by atoms with Crippen LogP contribution in [0.1, 0.15) is 13.8 Å². The fourth-order valence-corrected chi connectivity index (χ4v) is 1.66. The van der Waals surface area contributed by atoms with E-state index in [0.717, 1.165) is 11.4 Å². The second-order valence-electron chi connectivity index (χ2n) is 4.61. The zero-order valence-electron chi connectivity index (χ0n) is 11.9. The summed E-state index contributed by atoms with van der Waals surface area (Å²) in [4.78, 5) is 4.36. The molecule has 0 bridgehead atoms. The molecular formula is C15H19N3O2. The summed E-state index contributed by atoms with van der Waals surface area (Å²) >= 11 is 0. The highest BCUT2D eigenvalue weighted by Gasteiger charge is 2.06. The molecule has 0 saturated carbocycles. The number of rotatable bonds is 5. The predicted molar refractivity (Wildman–Crippen MR) is 80.7 cm³/mol. The molecule has 5 heteroatoms. The maximum Gasteiger partial charge on any atom is 0.239 e. The highest BCUT2D eigenvalue weighted by atomic mass is 16.5. The third-order valence-electron chi connectivity index (χ3n) is 2.60. The lowest BCUT2D eigenvalue weighted by molar-refractivity contribution is 0.234. The van der Waals surface area contributed by atoms with Crippen LogP contribution in [0.4, 0.5) is 17.2 Å². The molecule has 0 saturated heterocycles. The van der Waals surface area contributed by atoms with E-state index in [1.807, 2.05) is 44.2 Å². The predicted octanol–water partition coefficient (Wildman–Crippen LogP) is 3.20. The zero-order chi connectivity index (χ0) is 14.5. The van der Waals surface area contributed by atoms with Gasteiger partial charge >= 0.3 is 0 Å². The molecule has 20 heavy (non-hydrogen) atoms. The van der Waals surface area contributed by atoms with Crippen LogP contribution >= 0.6 is 0 Å². The lowest BCUT2D eigenvalue weighted by atomic mass is 10.3. The van der Waals surface area contributed by atoms with Crippen molar-refractivity contribution in [1.82, 2.24) is 4.98 Å². The number of methoxy groups -OCH3 is 1. The van der Waals surface area contributed by atoms with Crippen LogP contribution < -0.4 is 20.5 Å². The Morgan fingerprint density at radius 2 is 1.80 bits per heavy atom. The highest BCUT2D eigenvalue weighted by molar-refractivity contribution is 5.61. The van der Waals surface area contributed by atoms with E-state index in [1.165, 1.54) is 0 Å². The molecule has 1 aromatic carbocycles. The van der Waals surface area contributed by atoms with Gasteiger partial charge < -0.3 is 20.5 Å². The number of nitrogen functional groups attached to an aromatic ring is 1. The Kier molecular flexibility index (Phi) is 4.30. The molecule has 0 atom stereocenters. The minimum absolute atomic E-state index is 0.0287. The van der Waals surface area contributed by atoms with Gasteiger partial charge in [0.1, 0.15) is 11.6 Å². The second kappa shape index (κ2) is 6.14. The van der Waals surface area contributed by atoms with Crippen molar-refractivity contribution in [3.05, 3.63) is 36.4 Å². The van der Waals surface area contributed by atoms with E-state index >= 15 is 0 Å². The van der Waals surface area contributed by atoms with E-state index in [-0.39, 0.29) is 6.10 Å². The van der Waals surface area contributed by atoms with Gasteiger partial charge in [0, 0.05) is 5.69 Å². The number of pyridine rings is 1. The summed E-state index contributed by atoms with van der Waals surface area (Å²) in [6.07, 6.45) is 0.0287. The van der Waals surface area contributed by atoms with Gasteiger partial charge in [-0.3, -0.25) is 0 Å². The molecule has 5 nitrogen and oxygen atoms in total. The van der Waals surface area contributed by atoms with Gasteiger partial charge in [0.05, 0.1) is 18.9 Å². The van der Waals surface area contributed by atoms with Crippen molar-refractivity contribution in [2.24, 2.45) is 0 Å². The Hall–Kier alpha value is -2.43. The SMILES string of the molecule is COc1ccc(Nc2ccc(N)c(OC(C)C)n2)cc1. The summed E-state index contributed by atoms with van der Waals surface area (Å²) in [6, 6.07) is 11.2. The second-order valence-corrected chi connectivity index (χ2v) is 4.61. The monoisotopic (exact) mass is 273 g/mol. The lowest BCUT2D eigenvalue weighted by Gasteiger charge is -2.13. The van der Waals surface area contributed by atoms with Crippen molar-refractivity contribution in [2.75, 3.05) is 18.2 Å². The average Bonchev–Trinajstić information content (AvgIpc) is 2.43. The molecule has 0 fully saturated rings. The fourth-order valence-electron chi connectivity index (χ4n) is 1.66. The molecule has 0 unspecified atom stereocenters. The number of aromatic nitrogens is 1. The number of nitrogens with zero attached hydrogens (tertiary/aromatic N) is 1. The Labute approximate surface area is 118 Å². The van der Waals surface area contributed by atoms with Crippen LogP contribution in [0.5, 0.6) is 11.6 Å². The Balaban J connectivity index is 2.16. The van der Waals surface area contributed by atoms with Crippen LogP contribution in [0.2, 0.25) is 0 Å². The molecule has 1 heterocycles.